The Balaban J connectivity index is 1.76. The second-order valence-electron chi connectivity index (χ2n) is 4.41. The molecule has 2 rings (SSSR count). The van der Waals surface area contributed by atoms with E-state index in [0.29, 0.717) is 18.1 Å². The average molecular weight is 284 g/mol. The summed E-state index contributed by atoms with van der Waals surface area (Å²) in [6, 6.07) is 9.87. The van der Waals surface area contributed by atoms with Crippen LogP contribution in [-0.2, 0) is 16.4 Å². The Bertz CT molecular complexity index is 514. The van der Waals surface area contributed by atoms with Crippen LogP contribution in [0.2, 0.25) is 0 Å². The van der Waals surface area contributed by atoms with Gasteiger partial charge in [-0.1, -0.05) is 30.3 Å². The molecular formula is C12H16N2O2S2. The van der Waals surface area contributed by atoms with Crippen molar-refractivity contribution in [2.45, 2.75) is 19.0 Å². The van der Waals surface area contributed by atoms with Gasteiger partial charge in [0, 0.05) is 12.6 Å². The number of rotatable bonds is 3. The molecule has 1 heterocycles. The van der Waals surface area contributed by atoms with E-state index in [1.54, 1.807) is 0 Å². The molecule has 1 atom stereocenters. The minimum atomic E-state index is -2.86. The van der Waals surface area contributed by atoms with E-state index in [2.05, 4.69) is 10.6 Å². The molecule has 4 nitrogen and oxygen atoms in total. The van der Waals surface area contributed by atoms with Gasteiger partial charge < -0.3 is 10.6 Å². The highest BCUT2D eigenvalue weighted by Gasteiger charge is 2.27. The standard InChI is InChI=1S/C12H16N2O2S2/c15-18(16)7-6-11(9-18)14-12(17)13-8-10-4-2-1-3-5-10/h1-5,11H,6-9H2,(H2,13,14,17)/t11-/m0/s1. The smallest absolute Gasteiger partial charge is 0.166 e. The number of hydrogen-bond acceptors (Lipinski definition) is 3. The van der Waals surface area contributed by atoms with Crippen LogP contribution in [0.5, 0.6) is 0 Å². The lowest BCUT2D eigenvalue weighted by Crippen LogP contribution is -2.42. The van der Waals surface area contributed by atoms with Crippen LogP contribution in [0, 0.1) is 0 Å². The predicted octanol–water partition coefficient (Wildman–Crippen LogP) is 0.838. The van der Waals surface area contributed by atoms with Gasteiger partial charge in [0.1, 0.15) is 0 Å². The number of thiocarbonyl (C=S) groups is 1. The van der Waals surface area contributed by atoms with Crippen molar-refractivity contribution in [1.82, 2.24) is 10.6 Å². The largest absolute Gasteiger partial charge is 0.359 e. The van der Waals surface area contributed by atoms with Crippen molar-refractivity contribution in [3.63, 3.8) is 0 Å². The Labute approximate surface area is 113 Å². The molecule has 0 saturated carbocycles. The third-order valence-electron chi connectivity index (χ3n) is 2.86. The normalized spacial score (nSPS) is 21.4. The maximum atomic E-state index is 11.3. The van der Waals surface area contributed by atoms with Crippen LogP contribution in [0.1, 0.15) is 12.0 Å². The van der Waals surface area contributed by atoms with Crippen LogP contribution in [0.3, 0.4) is 0 Å². The van der Waals surface area contributed by atoms with Crippen molar-refractivity contribution >= 4 is 27.2 Å². The lowest BCUT2D eigenvalue weighted by molar-refractivity contribution is 0.600. The van der Waals surface area contributed by atoms with Gasteiger partial charge in [-0.05, 0) is 24.2 Å². The van der Waals surface area contributed by atoms with Gasteiger partial charge in [-0.2, -0.15) is 0 Å². The lowest BCUT2D eigenvalue weighted by atomic mass is 10.2. The number of nitrogens with one attached hydrogen (secondary N) is 2. The van der Waals surface area contributed by atoms with Gasteiger partial charge in [0.05, 0.1) is 11.5 Å². The number of benzene rings is 1. The second kappa shape index (κ2) is 5.67. The Morgan fingerprint density at radius 1 is 1.33 bits per heavy atom. The van der Waals surface area contributed by atoms with Crippen LogP contribution in [0.4, 0.5) is 0 Å². The lowest BCUT2D eigenvalue weighted by Gasteiger charge is -2.14. The highest BCUT2D eigenvalue weighted by molar-refractivity contribution is 7.91. The first-order chi connectivity index (χ1) is 8.55. The quantitative estimate of drug-likeness (QED) is 0.806. The van der Waals surface area contributed by atoms with Crippen LogP contribution < -0.4 is 10.6 Å². The first-order valence-electron chi connectivity index (χ1n) is 5.84. The Morgan fingerprint density at radius 2 is 2.06 bits per heavy atom. The van der Waals surface area contributed by atoms with Crippen molar-refractivity contribution in [3.05, 3.63) is 35.9 Å². The third kappa shape index (κ3) is 3.96. The fourth-order valence-corrected chi connectivity index (χ4v) is 3.84. The molecule has 0 unspecified atom stereocenters. The first kappa shape index (κ1) is 13.3. The highest BCUT2D eigenvalue weighted by atomic mass is 32.2. The van der Waals surface area contributed by atoms with Crippen LogP contribution >= 0.6 is 12.2 Å². The van der Waals surface area contributed by atoms with E-state index in [0.717, 1.165) is 5.56 Å². The summed E-state index contributed by atoms with van der Waals surface area (Å²) in [5.41, 5.74) is 1.14. The van der Waals surface area contributed by atoms with Gasteiger partial charge in [0.15, 0.2) is 14.9 Å². The molecule has 1 aromatic rings. The summed E-state index contributed by atoms with van der Waals surface area (Å²) in [6.07, 6.45) is 0.634. The maximum absolute atomic E-state index is 11.3. The zero-order valence-corrected chi connectivity index (χ0v) is 11.6. The Hall–Kier alpha value is -1.14. The summed E-state index contributed by atoms with van der Waals surface area (Å²) in [4.78, 5) is 0. The number of sulfone groups is 1. The van der Waals surface area contributed by atoms with Crippen molar-refractivity contribution in [3.8, 4) is 0 Å². The minimum Gasteiger partial charge on any atom is -0.359 e. The molecule has 18 heavy (non-hydrogen) atoms. The van der Waals surface area contributed by atoms with Gasteiger partial charge in [0.25, 0.3) is 0 Å². The van der Waals surface area contributed by atoms with Crippen molar-refractivity contribution in [1.29, 1.82) is 0 Å². The second-order valence-corrected chi connectivity index (χ2v) is 7.05. The van der Waals surface area contributed by atoms with E-state index in [4.69, 9.17) is 12.2 Å². The molecule has 0 aliphatic carbocycles. The van der Waals surface area contributed by atoms with Gasteiger partial charge in [0.2, 0.25) is 0 Å². The summed E-state index contributed by atoms with van der Waals surface area (Å²) in [5, 5.41) is 6.64. The third-order valence-corrected chi connectivity index (χ3v) is 4.89. The van der Waals surface area contributed by atoms with Gasteiger partial charge in [-0.15, -0.1) is 0 Å². The molecule has 0 bridgehead atoms. The summed E-state index contributed by atoms with van der Waals surface area (Å²) in [5.74, 6) is 0.437. The van der Waals surface area contributed by atoms with Crippen LogP contribution in [0.25, 0.3) is 0 Å². The topological polar surface area (TPSA) is 58.2 Å². The zero-order valence-electron chi connectivity index (χ0n) is 9.93. The molecule has 0 amide bonds. The van der Waals surface area contributed by atoms with E-state index >= 15 is 0 Å². The van der Waals surface area contributed by atoms with E-state index in [1.165, 1.54) is 0 Å². The monoisotopic (exact) mass is 284 g/mol. The van der Waals surface area contributed by atoms with Crippen molar-refractivity contribution in [2.75, 3.05) is 11.5 Å². The van der Waals surface area contributed by atoms with E-state index < -0.39 is 9.84 Å². The summed E-state index contributed by atoms with van der Waals surface area (Å²) < 4.78 is 22.6. The number of hydrogen-bond donors (Lipinski definition) is 2. The fraction of sp³-hybridized carbons (Fsp3) is 0.417. The van der Waals surface area contributed by atoms with Gasteiger partial charge in [-0.3, -0.25) is 0 Å². The summed E-state index contributed by atoms with van der Waals surface area (Å²) in [6.45, 7) is 0.645. The summed E-state index contributed by atoms with van der Waals surface area (Å²) in [7, 11) is -2.86. The molecule has 0 spiro atoms. The molecule has 2 N–H and O–H groups in total. The Morgan fingerprint density at radius 3 is 2.67 bits per heavy atom. The molecule has 1 aliphatic heterocycles. The molecule has 1 fully saturated rings. The van der Waals surface area contributed by atoms with Gasteiger partial charge >= 0.3 is 0 Å². The highest BCUT2D eigenvalue weighted by Crippen LogP contribution is 2.10. The average Bonchev–Trinajstić information content (AvgIpc) is 2.67. The first-order valence-corrected chi connectivity index (χ1v) is 8.07. The van der Waals surface area contributed by atoms with Crippen LogP contribution in [0.15, 0.2) is 30.3 Å². The van der Waals surface area contributed by atoms with Gasteiger partial charge in [-0.25, -0.2) is 8.42 Å². The van der Waals surface area contributed by atoms with Crippen LogP contribution in [-0.4, -0.2) is 31.1 Å². The molecule has 1 aliphatic rings. The molecule has 6 heteroatoms. The Kier molecular flexibility index (Phi) is 4.19. The van der Waals surface area contributed by atoms with Crippen molar-refractivity contribution in [2.24, 2.45) is 0 Å². The maximum Gasteiger partial charge on any atom is 0.166 e. The molecular weight excluding hydrogens is 268 g/mol. The van der Waals surface area contributed by atoms with E-state index in [9.17, 15) is 8.42 Å². The van der Waals surface area contributed by atoms with Crippen molar-refractivity contribution < 1.29 is 8.42 Å². The predicted molar refractivity (Wildman–Crippen MR) is 76.1 cm³/mol. The SMILES string of the molecule is O=S1(=O)CC[C@H](NC(=S)NCc2ccccc2)C1. The zero-order chi connectivity index (χ0) is 13.0. The molecule has 1 saturated heterocycles. The molecule has 0 aromatic heterocycles. The molecule has 98 valence electrons. The summed E-state index contributed by atoms with van der Waals surface area (Å²) >= 11 is 5.15. The molecule has 0 radical (unpaired) electrons. The fourth-order valence-electron chi connectivity index (χ4n) is 1.92. The van der Waals surface area contributed by atoms with E-state index in [1.807, 2.05) is 30.3 Å². The molecule has 1 aromatic carbocycles. The van der Waals surface area contributed by atoms with E-state index in [-0.39, 0.29) is 17.5 Å². The minimum absolute atomic E-state index is 0.0502.